The molecule has 0 nitrogen and oxygen atoms in total. The van der Waals surface area contributed by atoms with Crippen LogP contribution in [0, 0.1) is 0 Å². The summed E-state index contributed by atoms with van der Waals surface area (Å²) >= 11 is 1.52. The van der Waals surface area contributed by atoms with Gasteiger partial charge in [-0.2, -0.15) is 17.6 Å². The smallest absolute Gasteiger partial charge is 0.190 e. The lowest BCUT2D eigenvalue weighted by molar-refractivity contribution is 0.164. The molecule has 0 heterocycles. The Kier molecular flexibility index (Phi) is 3.87. The summed E-state index contributed by atoms with van der Waals surface area (Å²) in [5, 5.41) is 0. The Morgan fingerprint density at radius 2 is 1.00 bits per heavy atom. The summed E-state index contributed by atoms with van der Waals surface area (Å²) in [5.74, 6) is 0. The Morgan fingerprint density at radius 3 is 1.10 bits per heavy atom. The van der Waals surface area contributed by atoms with Gasteiger partial charge in [-0.3, -0.25) is 0 Å². The quantitative estimate of drug-likeness (QED) is 0.298. The lowest BCUT2D eigenvalue weighted by Gasteiger charge is -2.03. The van der Waals surface area contributed by atoms with Gasteiger partial charge in [-0.25, -0.2) is 0 Å². The molecule has 6 heteroatoms. The number of alkyl halides is 6. The Labute approximate surface area is 82.3 Å². The van der Waals surface area contributed by atoms with E-state index in [-0.39, 0.29) is 12.2 Å². The van der Waals surface area contributed by atoms with Crippen LogP contribution in [0.1, 0.15) is 0 Å². The summed E-state index contributed by atoms with van der Waals surface area (Å²) in [6.45, 7) is 0. The van der Waals surface area contributed by atoms with Crippen LogP contribution in [-0.2, 0) is 0 Å². The molecule has 0 spiro atoms. The van der Waals surface area contributed by atoms with E-state index >= 15 is 0 Å². The summed E-state index contributed by atoms with van der Waals surface area (Å²) < 4.78 is 40.9. The molecular formula is C4H2F4I2. The summed E-state index contributed by atoms with van der Waals surface area (Å²) in [4.78, 5) is 0. The standard InChI is InChI=1S/C4H2F4I2/c5-3(6,9)1-2-4(7,8)10/h1-2H/b2-1+. The van der Waals surface area contributed by atoms with Gasteiger partial charge in [-0.15, -0.1) is 0 Å². The highest BCUT2D eigenvalue weighted by molar-refractivity contribution is 14.1. The zero-order valence-corrected chi connectivity index (χ0v) is 8.74. The van der Waals surface area contributed by atoms with Gasteiger partial charge >= 0.3 is 7.86 Å². The molecule has 0 N–H and O–H groups in total. The van der Waals surface area contributed by atoms with Gasteiger partial charge in [0.2, 0.25) is 0 Å². The highest BCUT2D eigenvalue weighted by Crippen LogP contribution is 2.29. The molecule has 0 aromatic carbocycles. The predicted octanol–water partition coefficient (Wildman–Crippen LogP) is 3.60. The first-order chi connectivity index (χ1) is 4.21. The van der Waals surface area contributed by atoms with Crippen LogP contribution in [0.25, 0.3) is 0 Å². The number of hydrogen-bond donors (Lipinski definition) is 0. The van der Waals surface area contributed by atoms with Gasteiger partial charge < -0.3 is 0 Å². The minimum absolute atomic E-state index is 0.167. The first-order valence-corrected chi connectivity index (χ1v) is 4.20. The van der Waals surface area contributed by atoms with E-state index in [1.165, 1.54) is 0 Å². The van der Waals surface area contributed by atoms with Crippen LogP contribution >= 0.6 is 45.2 Å². The van der Waals surface area contributed by atoms with Crippen molar-refractivity contribution in [2.75, 3.05) is 0 Å². The van der Waals surface area contributed by atoms with Crippen LogP contribution in [0.15, 0.2) is 12.2 Å². The normalized spacial score (nSPS) is 14.6. The van der Waals surface area contributed by atoms with Crippen molar-refractivity contribution in [2.24, 2.45) is 0 Å². The van der Waals surface area contributed by atoms with Crippen molar-refractivity contribution in [1.29, 1.82) is 0 Å². The zero-order chi connectivity index (χ0) is 8.41. The van der Waals surface area contributed by atoms with Crippen LogP contribution in [0.5, 0.6) is 0 Å². The van der Waals surface area contributed by atoms with Gasteiger partial charge in [-0.1, -0.05) is 0 Å². The van der Waals surface area contributed by atoms with Gasteiger partial charge in [-0.05, 0) is 12.2 Å². The molecule has 0 aromatic rings. The molecule has 0 amide bonds. The molecule has 0 saturated heterocycles. The third-order valence-electron chi connectivity index (χ3n) is 0.461. The third-order valence-corrected chi connectivity index (χ3v) is 1.18. The fourth-order valence-electron chi connectivity index (χ4n) is 0.189. The van der Waals surface area contributed by atoms with Crippen LogP contribution in [0.4, 0.5) is 17.6 Å². The largest absolute Gasteiger partial charge is 0.315 e. The molecule has 0 bridgehead atoms. The molecule has 0 aliphatic carbocycles. The van der Waals surface area contributed by atoms with Crippen LogP contribution < -0.4 is 0 Å². The zero-order valence-electron chi connectivity index (χ0n) is 4.42. The summed E-state index contributed by atoms with van der Waals surface area (Å²) in [6.07, 6.45) is 0.333. The summed E-state index contributed by atoms with van der Waals surface area (Å²) in [5.41, 5.74) is 0. The molecule has 0 rings (SSSR count). The Bertz CT molecular complexity index is 115. The predicted molar refractivity (Wildman–Crippen MR) is 47.1 cm³/mol. The Balaban J connectivity index is 4.01. The molecule has 60 valence electrons. The van der Waals surface area contributed by atoms with Gasteiger partial charge in [0.1, 0.15) is 0 Å². The van der Waals surface area contributed by atoms with Crippen molar-refractivity contribution in [3.8, 4) is 0 Å². The summed E-state index contributed by atoms with van der Waals surface area (Å²) in [7, 11) is 0. The molecule has 0 fully saturated rings. The van der Waals surface area contributed by atoms with Gasteiger partial charge in [0.25, 0.3) is 0 Å². The molecular weight excluding hydrogens is 378 g/mol. The molecule has 0 radical (unpaired) electrons. The van der Waals surface area contributed by atoms with Crippen molar-refractivity contribution in [3.63, 3.8) is 0 Å². The second-order valence-corrected chi connectivity index (χ2v) is 4.29. The van der Waals surface area contributed by atoms with Gasteiger partial charge in [0.15, 0.2) is 0 Å². The lowest BCUT2D eigenvalue weighted by atomic mass is 10.5. The van der Waals surface area contributed by atoms with Crippen molar-refractivity contribution >= 4 is 45.2 Å². The SMILES string of the molecule is FC(F)(I)/C=C/C(F)(F)I. The number of hydrogen-bond acceptors (Lipinski definition) is 0. The van der Waals surface area contributed by atoms with Crippen molar-refractivity contribution < 1.29 is 17.6 Å². The van der Waals surface area contributed by atoms with Gasteiger partial charge in [0, 0.05) is 45.2 Å². The van der Waals surface area contributed by atoms with E-state index < -0.39 is 7.86 Å². The van der Waals surface area contributed by atoms with Crippen molar-refractivity contribution in [3.05, 3.63) is 12.2 Å². The van der Waals surface area contributed by atoms with Crippen molar-refractivity contribution in [2.45, 2.75) is 7.86 Å². The molecule has 0 saturated carbocycles. The maximum atomic E-state index is 11.8. The average Bonchev–Trinajstić information content (AvgIpc) is 1.57. The molecule has 0 aliphatic heterocycles. The Hall–Kier alpha value is 0.920. The molecule has 0 atom stereocenters. The molecule has 10 heavy (non-hydrogen) atoms. The van der Waals surface area contributed by atoms with E-state index in [1.807, 2.05) is 0 Å². The molecule has 0 unspecified atom stereocenters. The second-order valence-electron chi connectivity index (χ2n) is 1.42. The number of halogens is 6. The Morgan fingerprint density at radius 1 is 0.800 bits per heavy atom. The monoisotopic (exact) mass is 380 g/mol. The minimum Gasteiger partial charge on any atom is -0.190 e. The van der Waals surface area contributed by atoms with E-state index in [4.69, 9.17) is 0 Å². The first kappa shape index (κ1) is 10.9. The number of allylic oxidation sites excluding steroid dienone is 2. The lowest BCUT2D eigenvalue weighted by Crippen LogP contribution is -2.03. The highest BCUT2D eigenvalue weighted by Gasteiger charge is 2.24. The topological polar surface area (TPSA) is 0 Å². The number of rotatable bonds is 2. The van der Waals surface area contributed by atoms with Gasteiger partial charge in [0.05, 0.1) is 0 Å². The molecule has 0 aromatic heterocycles. The van der Waals surface area contributed by atoms with Crippen molar-refractivity contribution in [1.82, 2.24) is 0 Å². The maximum absolute atomic E-state index is 11.8. The second kappa shape index (κ2) is 3.55. The van der Waals surface area contributed by atoms with E-state index in [0.29, 0.717) is 0 Å². The van der Waals surface area contributed by atoms with E-state index in [1.54, 1.807) is 0 Å². The maximum Gasteiger partial charge on any atom is 0.315 e. The van der Waals surface area contributed by atoms with Crippen LogP contribution in [0.2, 0.25) is 0 Å². The summed E-state index contributed by atoms with van der Waals surface area (Å²) in [6, 6.07) is 0. The first-order valence-electron chi connectivity index (χ1n) is 2.04. The minimum atomic E-state index is -3.19. The van der Waals surface area contributed by atoms with E-state index in [0.717, 1.165) is 45.2 Å². The fourth-order valence-corrected chi connectivity index (χ4v) is 0.549. The van der Waals surface area contributed by atoms with E-state index in [2.05, 4.69) is 0 Å². The van der Waals surface area contributed by atoms with E-state index in [9.17, 15) is 17.6 Å². The van der Waals surface area contributed by atoms with Crippen LogP contribution in [0.3, 0.4) is 0 Å². The van der Waals surface area contributed by atoms with Crippen LogP contribution in [-0.4, -0.2) is 7.86 Å². The third kappa shape index (κ3) is 8.92. The fraction of sp³-hybridized carbons (Fsp3) is 0.500. The average molecular weight is 380 g/mol. The highest BCUT2D eigenvalue weighted by atomic mass is 127. The molecule has 0 aliphatic rings.